The molecule has 0 saturated carbocycles. The molecule has 2 N–H and O–H groups in total. The minimum absolute atomic E-state index is 0.116. The summed E-state index contributed by atoms with van der Waals surface area (Å²) in [7, 11) is -2.92. The Labute approximate surface area is 128 Å². The van der Waals surface area contributed by atoms with E-state index in [4.69, 9.17) is 0 Å². The van der Waals surface area contributed by atoms with Crippen molar-refractivity contribution in [3.8, 4) is 0 Å². The van der Waals surface area contributed by atoms with Crippen LogP contribution in [-0.4, -0.2) is 46.1 Å². The molecule has 0 radical (unpaired) electrons. The molecule has 0 aliphatic carbocycles. The number of sulfone groups is 1. The van der Waals surface area contributed by atoms with Crippen LogP contribution in [0.2, 0.25) is 0 Å². The van der Waals surface area contributed by atoms with Gasteiger partial charge in [-0.1, -0.05) is 0 Å². The smallest absolute Gasteiger partial charge is 0.244 e. The molecule has 2 aromatic heterocycles. The van der Waals surface area contributed by atoms with E-state index in [1.54, 1.807) is 12.4 Å². The van der Waals surface area contributed by atoms with Crippen LogP contribution in [0.4, 0.5) is 11.8 Å². The van der Waals surface area contributed by atoms with Gasteiger partial charge in [-0.25, -0.2) is 8.42 Å². The Morgan fingerprint density at radius 3 is 2.82 bits per heavy atom. The summed E-state index contributed by atoms with van der Waals surface area (Å²) in [6, 6.07) is 3.67. The van der Waals surface area contributed by atoms with Crippen LogP contribution in [0, 0.1) is 0 Å². The van der Waals surface area contributed by atoms with Crippen molar-refractivity contribution in [3.05, 3.63) is 36.3 Å². The van der Waals surface area contributed by atoms with Crippen LogP contribution < -0.4 is 10.6 Å². The van der Waals surface area contributed by atoms with Crippen LogP contribution in [0.1, 0.15) is 12.0 Å². The molecular weight excluding hydrogens is 304 g/mol. The van der Waals surface area contributed by atoms with Crippen molar-refractivity contribution in [1.29, 1.82) is 0 Å². The molecule has 1 saturated heterocycles. The summed E-state index contributed by atoms with van der Waals surface area (Å²) < 4.78 is 22.9. The van der Waals surface area contributed by atoms with Crippen molar-refractivity contribution in [2.45, 2.75) is 19.0 Å². The Balaban J connectivity index is 1.60. The highest BCUT2D eigenvalue weighted by Crippen LogP contribution is 2.16. The maximum atomic E-state index is 11.5. The molecule has 22 heavy (non-hydrogen) atoms. The van der Waals surface area contributed by atoms with E-state index in [1.807, 2.05) is 12.1 Å². The normalized spacial score (nSPS) is 19.7. The van der Waals surface area contributed by atoms with Gasteiger partial charge >= 0.3 is 0 Å². The lowest BCUT2D eigenvalue weighted by molar-refractivity contribution is 0.602. The number of nitrogens with one attached hydrogen (secondary N) is 2. The first kappa shape index (κ1) is 14.6. The molecule has 116 valence electrons. The fourth-order valence-electron chi connectivity index (χ4n) is 2.25. The van der Waals surface area contributed by atoms with E-state index in [1.165, 1.54) is 6.20 Å². The topological polar surface area (TPSA) is 110 Å². The second-order valence-corrected chi connectivity index (χ2v) is 7.35. The number of hydrogen-bond donors (Lipinski definition) is 2. The molecule has 3 rings (SSSR count). The quantitative estimate of drug-likeness (QED) is 0.818. The first-order chi connectivity index (χ1) is 10.6. The van der Waals surface area contributed by atoms with Gasteiger partial charge in [0.15, 0.2) is 15.7 Å². The van der Waals surface area contributed by atoms with E-state index in [-0.39, 0.29) is 17.5 Å². The van der Waals surface area contributed by atoms with Crippen LogP contribution >= 0.6 is 0 Å². The first-order valence-electron chi connectivity index (χ1n) is 6.90. The van der Waals surface area contributed by atoms with Crippen LogP contribution in [-0.2, 0) is 16.4 Å². The largest absolute Gasteiger partial charge is 0.365 e. The van der Waals surface area contributed by atoms with Gasteiger partial charge < -0.3 is 10.6 Å². The lowest BCUT2D eigenvalue weighted by Gasteiger charge is -2.11. The third-order valence-electron chi connectivity index (χ3n) is 3.34. The molecule has 9 heteroatoms. The Kier molecular flexibility index (Phi) is 4.14. The number of rotatable bonds is 5. The van der Waals surface area contributed by atoms with E-state index >= 15 is 0 Å². The summed E-state index contributed by atoms with van der Waals surface area (Å²) in [6.45, 7) is 0.561. The molecule has 2 aromatic rings. The van der Waals surface area contributed by atoms with E-state index in [0.717, 1.165) is 5.56 Å². The number of anilines is 2. The van der Waals surface area contributed by atoms with Gasteiger partial charge in [-0.2, -0.15) is 10.1 Å². The van der Waals surface area contributed by atoms with E-state index in [9.17, 15) is 8.42 Å². The monoisotopic (exact) mass is 320 g/mol. The van der Waals surface area contributed by atoms with Crippen molar-refractivity contribution < 1.29 is 8.42 Å². The van der Waals surface area contributed by atoms with Crippen molar-refractivity contribution in [1.82, 2.24) is 20.2 Å². The van der Waals surface area contributed by atoms with E-state index in [0.29, 0.717) is 24.7 Å². The van der Waals surface area contributed by atoms with Crippen molar-refractivity contribution in [3.63, 3.8) is 0 Å². The average Bonchev–Trinajstić information content (AvgIpc) is 2.85. The first-order valence-corrected chi connectivity index (χ1v) is 8.72. The summed E-state index contributed by atoms with van der Waals surface area (Å²) in [5.74, 6) is 1.27. The molecule has 1 atom stereocenters. The minimum atomic E-state index is -2.92. The highest BCUT2D eigenvalue weighted by molar-refractivity contribution is 7.91. The molecule has 1 aliphatic rings. The van der Waals surface area contributed by atoms with Gasteiger partial charge in [0.1, 0.15) is 0 Å². The van der Waals surface area contributed by atoms with Crippen LogP contribution in [0.5, 0.6) is 0 Å². The molecule has 0 spiro atoms. The maximum Gasteiger partial charge on any atom is 0.244 e. The maximum absolute atomic E-state index is 11.5. The summed E-state index contributed by atoms with van der Waals surface area (Å²) in [5.41, 5.74) is 1.05. The van der Waals surface area contributed by atoms with Gasteiger partial charge in [0.25, 0.3) is 0 Å². The molecule has 0 aromatic carbocycles. The Hall–Kier alpha value is -2.29. The van der Waals surface area contributed by atoms with Gasteiger partial charge in [0.2, 0.25) is 5.95 Å². The lowest BCUT2D eigenvalue weighted by atomic mass is 10.3. The van der Waals surface area contributed by atoms with Gasteiger partial charge in [0, 0.05) is 25.0 Å². The third-order valence-corrected chi connectivity index (χ3v) is 5.11. The molecule has 3 heterocycles. The van der Waals surface area contributed by atoms with Crippen LogP contribution in [0.25, 0.3) is 0 Å². The molecule has 0 bridgehead atoms. The molecule has 1 aliphatic heterocycles. The fourth-order valence-corrected chi connectivity index (χ4v) is 3.92. The van der Waals surface area contributed by atoms with Gasteiger partial charge in [0.05, 0.1) is 17.7 Å². The predicted molar refractivity (Wildman–Crippen MR) is 82.1 cm³/mol. The zero-order valence-corrected chi connectivity index (χ0v) is 12.6. The van der Waals surface area contributed by atoms with Crippen molar-refractivity contribution >= 4 is 21.6 Å². The summed E-state index contributed by atoms with van der Waals surface area (Å²) in [4.78, 5) is 8.25. The van der Waals surface area contributed by atoms with Gasteiger partial charge in [-0.05, 0) is 24.1 Å². The fraction of sp³-hybridized carbons (Fsp3) is 0.385. The molecular formula is C13H16N6O2S. The predicted octanol–water partition coefficient (Wildman–Crippen LogP) is 0.478. The summed E-state index contributed by atoms with van der Waals surface area (Å²) in [6.07, 6.45) is 5.51. The van der Waals surface area contributed by atoms with Crippen molar-refractivity contribution in [2.75, 3.05) is 22.1 Å². The number of aromatic nitrogens is 4. The van der Waals surface area contributed by atoms with E-state index < -0.39 is 9.84 Å². The molecule has 1 unspecified atom stereocenters. The second-order valence-electron chi connectivity index (χ2n) is 5.12. The minimum Gasteiger partial charge on any atom is -0.365 e. The number of pyridine rings is 1. The SMILES string of the molecule is O=S1(=O)CCC(Nc2cnnc(NCc3ccncc3)n2)C1. The van der Waals surface area contributed by atoms with Gasteiger partial charge in [-0.3, -0.25) is 4.98 Å². The van der Waals surface area contributed by atoms with Crippen molar-refractivity contribution in [2.24, 2.45) is 0 Å². The molecule has 8 nitrogen and oxygen atoms in total. The zero-order valence-electron chi connectivity index (χ0n) is 11.8. The third kappa shape index (κ3) is 3.88. The van der Waals surface area contributed by atoms with Crippen LogP contribution in [0.15, 0.2) is 30.7 Å². The number of nitrogens with zero attached hydrogens (tertiary/aromatic N) is 4. The molecule has 1 fully saturated rings. The Morgan fingerprint density at radius 1 is 1.27 bits per heavy atom. The average molecular weight is 320 g/mol. The van der Waals surface area contributed by atoms with Crippen LogP contribution in [0.3, 0.4) is 0 Å². The standard InChI is InChI=1S/C13H16N6O2S/c20-22(21)6-3-11(9-22)17-12-8-16-19-13(18-12)15-7-10-1-4-14-5-2-10/h1-2,4-5,8,11H,3,6-7,9H2,(H2,15,17,18,19). The number of hydrogen-bond acceptors (Lipinski definition) is 8. The van der Waals surface area contributed by atoms with Gasteiger partial charge in [-0.15, -0.1) is 5.10 Å². The van der Waals surface area contributed by atoms with E-state index in [2.05, 4.69) is 30.8 Å². The highest BCUT2D eigenvalue weighted by Gasteiger charge is 2.28. The second kappa shape index (κ2) is 6.22. The zero-order chi connectivity index (χ0) is 15.4. The Bertz CT molecular complexity index is 737. The molecule has 0 amide bonds. The lowest BCUT2D eigenvalue weighted by Crippen LogP contribution is -2.21. The summed E-state index contributed by atoms with van der Waals surface area (Å²) in [5, 5.41) is 14.0. The Morgan fingerprint density at radius 2 is 2.09 bits per heavy atom. The highest BCUT2D eigenvalue weighted by atomic mass is 32.2. The summed E-state index contributed by atoms with van der Waals surface area (Å²) >= 11 is 0.